The Bertz CT molecular complexity index is 1430. The van der Waals surface area contributed by atoms with Gasteiger partial charge in [0.05, 0.1) is 27.7 Å². The summed E-state index contributed by atoms with van der Waals surface area (Å²) in [7, 11) is 1.08. The molecule has 10 heteroatoms. The highest BCUT2D eigenvalue weighted by Gasteiger charge is 2.21. The highest BCUT2D eigenvalue weighted by Crippen LogP contribution is 2.38. The highest BCUT2D eigenvalue weighted by atomic mass is 31.2. The zero-order valence-electron chi connectivity index (χ0n) is 37.8. The Morgan fingerprint density at radius 2 is 0.983 bits per heavy atom. The van der Waals surface area contributed by atoms with E-state index < -0.39 is 32.5 Å². The summed E-state index contributed by atoms with van der Waals surface area (Å²) in [5.74, 6) is -0.984. The van der Waals surface area contributed by atoms with Gasteiger partial charge in [0, 0.05) is 12.8 Å². The average molecular weight is 854 g/mol. The molecule has 60 heavy (non-hydrogen) atoms. The van der Waals surface area contributed by atoms with Crippen LogP contribution in [0, 0.1) is 0 Å². The second-order valence-corrected chi connectivity index (χ2v) is 16.7. The number of hydrogen-bond acceptors (Lipinski definition) is 8. The van der Waals surface area contributed by atoms with Crippen molar-refractivity contribution in [2.75, 3.05) is 47.5 Å². The summed E-state index contributed by atoms with van der Waals surface area (Å²) < 4.78 is 33.8. The molecule has 0 N–H and O–H groups in total. The first-order valence-corrected chi connectivity index (χ1v) is 23.7. The number of quaternary nitrogens is 1. The maximum Gasteiger partial charge on any atom is 0.306 e. The summed E-state index contributed by atoms with van der Waals surface area (Å²) in [5, 5.41) is 0. The minimum absolute atomic E-state index is 0.0575. The third-order valence-corrected chi connectivity index (χ3v) is 9.42. The number of phosphoric acid groups is 1. The molecule has 0 bridgehead atoms. The molecular formula is C50H80NO8P. The van der Waals surface area contributed by atoms with Gasteiger partial charge in [0.15, 0.2) is 6.10 Å². The van der Waals surface area contributed by atoms with Crippen molar-refractivity contribution in [3.8, 4) is 0 Å². The molecule has 0 saturated heterocycles. The molecule has 0 radical (unpaired) electrons. The largest absolute Gasteiger partial charge is 0.756 e. The third kappa shape index (κ3) is 44.0. The maximum atomic E-state index is 12.7. The quantitative estimate of drug-likeness (QED) is 0.0198. The van der Waals surface area contributed by atoms with Crippen LogP contribution in [0.4, 0.5) is 0 Å². The first-order chi connectivity index (χ1) is 29.0. The number of likely N-dealkylation sites (N-methyl/N-ethyl adjacent to an activating group) is 1. The van der Waals surface area contributed by atoms with E-state index in [2.05, 4.69) is 123 Å². The van der Waals surface area contributed by atoms with Crippen LogP contribution in [0.25, 0.3) is 0 Å². The molecule has 0 aliphatic carbocycles. The Kier molecular flexibility index (Phi) is 38.4. The number of esters is 2. The van der Waals surface area contributed by atoms with Crippen LogP contribution < -0.4 is 4.89 Å². The van der Waals surface area contributed by atoms with Crippen molar-refractivity contribution in [3.05, 3.63) is 122 Å². The molecule has 0 spiro atoms. The number of allylic oxidation sites excluding steroid dienone is 20. The summed E-state index contributed by atoms with van der Waals surface area (Å²) in [5.41, 5.74) is 0. The van der Waals surface area contributed by atoms with Gasteiger partial charge >= 0.3 is 11.9 Å². The molecule has 0 aromatic heterocycles. The van der Waals surface area contributed by atoms with E-state index in [1.165, 1.54) is 6.42 Å². The maximum absolute atomic E-state index is 12.7. The van der Waals surface area contributed by atoms with Crippen molar-refractivity contribution >= 4 is 19.8 Å². The zero-order chi connectivity index (χ0) is 44.3. The topological polar surface area (TPSA) is 111 Å². The van der Waals surface area contributed by atoms with Crippen LogP contribution in [0.2, 0.25) is 0 Å². The molecule has 0 aliphatic heterocycles. The van der Waals surface area contributed by atoms with Gasteiger partial charge in [-0.15, -0.1) is 0 Å². The highest BCUT2D eigenvalue weighted by molar-refractivity contribution is 7.45. The van der Waals surface area contributed by atoms with Gasteiger partial charge in [-0.2, -0.15) is 0 Å². The summed E-state index contributed by atoms with van der Waals surface area (Å²) in [6, 6.07) is 0. The number of nitrogens with zero attached hydrogens (tertiary/aromatic N) is 1. The molecule has 0 rings (SSSR count). The van der Waals surface area contributed by atoms with E-state index >= 15 is 0 Å². The summed E-state index contributed by atoms with van der Waals surface area (Å²) >= 11 is 0. The van der Waals surface area contributed by atoms with Gasteiger partial charge in [0.25, 0.3) is 7.82 Å². The molecule has 338 valence electrons. The Labute approximate surface area is 365 Å². The molecule has 0 heterocycles. The van der Waals surface area contributed by atoms with Gasteiger partial charge in [-0.1, -0.05) is 148 Å². The molecule has 0 fully saturated rings. The zero-order valence-corrected chi connectivity index (χ0v) is 38.7. The monoisotopic (exact) mass is 854 g/mol. The summed E-state index contributed by atoms with van der Waals surface area (Å²) in [6.07, 6.45) is 56.7. The van der Waals surface area contributed by atoms with E-state index in [0.29, 0.717) is 23.9 Å². The van der Waals surface area contributed by atoms with Gasteiger partial charge in [-0.3, -0.25) is 14.2 Å². The lowest BCUT2D eigenvalue weighted by atomic mass is 10.1. The first-order valence-electron chi connectivity index (χ1n) is 22.2. The van der Waals surface area contributed by atoms with Crippen LogP contribution in [-0.2, 0) is 32.7 Å². The van der Waals surface area contributed by atoms with E-state index in [9.17, 15) is 19.0 Å². The van der Waals surface area contributed by atoms with E-state index in [1.807, 2.05) is 33.3 Å². The fraction of sp³-hybridized carbons (Fsp3) is 0.560. The standard InChI is InChI=1S/C50H80NO8P/c1-6-8-10-12-14-16-18-20-22-24-25-27-29-31-33-35-37-39-41-43-50(53)59-48(47-58-60(54,55)57-45-44-51(3,4)5)46-56-49(52)42-40-38-36-34-32-30-28-26-23-21-19-17-15-13-11-9-7-2/h8,10-11,13-14,16-17,19-20,22-23,25-27,30-33,37,39,48H,6-7,9,12,15,18,21,24,28-29,34-36,38,40-47H2,1-5H3/b10-8+,13-11+,16-14+,19-17+,22-20+,26-23+,27-25+,32-30+,33-31+,39-37+/t48-/m1/s1. The molecule has 0 aromatic carbocycles. The molecule has 0 amide bonds. The number of phosphoric ester groups is 1. The molecule has 0 aliphatic rings. The van der Waals surface area contributed by atoms with E-state index in [-0.39, 0.29) is 26.1 Å². The van der Waals surface area contributed by atoms with E-state index in [4.69, 9.17) is 18.5 Å². The molecule has 1 unspecified atom stereocenters. The van der Waals surface area contributed by atoms with Crippen LogP contribution in [0.3, 0.4) is 0 Å². The lowest BCUT2D eigenvalue weighted by molar-refractivity contribution is -0.870. The molecular weight excluding hydrogens is 774 g/mol. The minimum Gasteiger partial charge on any atom is -0.756 e. The van der Waals surface area contributed by atoms with Gasteiger partial charge < -0.3 is 27.9 Å². The predicted molar refractivity (Wildman–Crippen MR) is 249 cm³/mol. The number of ether oxygens (including phenoxy) is 2. The number of carbonyl (C=O) groups is 2. The van der Waals surface area contributed by atoms with Crippen LogP contribution in [0.5, 0.6) is 0 Å². The number of unbranched alkanes of at least 4 members (excludes halogenated alkanes) is 4. The van der Waals surface area contributed by atoms with Crippen molar-refractivity contribution in [2.24, 2.45) is 0 Å². The minimum atomic E-state index is -4.66. The van der Waals surface area contributed by atoms with E-state index in [1.54, 1.807) is 0 Å². The van der Waals surface area contributed by atoms with Crippen molar-refractivity contribution in [3.63, 3.8) is 0 Å². The lowest BCUT2D eigenvalue weighted by Crippen LogP contribution is -2.37. The Morgan fingerprint density at radius 1 is 0.533 bits per heavy atom. The molecule has 0 aromatic rings. The summed E-state index contributed by atoms with van der Waals surface area (Å²) in [6.45, 7) is 3.88. The average Bonchev–Trinajstić information content (AvgIpc) is 3.20. The van der Waals surface area contributed by atoms with Crippen molar-refractivity contribution < 1.29 is 42.1 Å². The van der Waals surface area contributed by atoms with E-state index in [0.717, 1.165) is 83.5 Å². The SMILES string of the molecule is CC/C=C/C/C=C/C/C=C/C/C=C/C/C=C/C/C=C/CCC(=O)O[C@H](COC(=O)CCCCC/C=C/C/C=C/C/C=C/C/C=C/CCC)COP(=O)([O-])OCC[N+](C)(C)C. The fourth-order valence-corrected chi connectivity index (χ4v) is 5.75. The van der Waals surface area contributed by atoms with Crippen molar-refractivity contribution in [1.29, 1.82) is 0 Å². The molecule has 2 atom stereocenters. The first kappa shape index (κ1) is 56.4. The Hall–Kier alpha value is -3.59. The normalized spacial score (nSPS) is 14.7. The fourth-order valence-electron chi connectivity index (χ4n) is 5.02. The molecule has 9 nitrogen and oxygen atoms in total. The van der Waals surface area contributed by atoms with Crippen LogP contribution in [-0.4, -0.2) is 70.0 Å². The van der Waals surface area contributed by atoms with Crippen LogP contribution in [0.1, 0.15) is 129 Å². The van der Waals surface area contributed by atoms with Crippen molar-refractivity contribution in [1.82, 2.24) is 0 Å². The Morgan fingerprint density at radius 3 is 1.45 bits per heavy atom. The van der Waals surface area contributed by atoms with Crippen LogP contribution >= 0.6 is 7.82 Å². The van der Waals surface area contributed by atoms with Gasteiger partial charge in [0.2, 0.25) is 0 Å². The molecule has 0 saturated carbocycles. The second-order valence-electron chi connectivity index (χ2n) is 15.3. The van der Waals surface area contributed by atoms with Crippen LogP contribution in [0.15, 0.2) is 122 Å². The Balaban J connectivity index is 4.57. The number of hydrogen-bond donors (Lipinski definition) is 0. The lowest BCUT2D eigenvalue weighted by Gasteiger charge is -2.28. The van der Waals surface area contributed by atoms with Gasteiger partial charge in [0.1, 0.15) is 19.8 Å². The predicted octanol–water partition coefficient (Wildman–Crippen LogP) is 12.3. The van der Waals surface area contributed by atoms with Gasteiger partial charge in [-0.25, -0.2) is 0 Å². The smallest absolute Gasteiger partial charge is 0.306 e. The van der Waals surface area contributed by atoms with Crippen molar-refractivity contribution in [2.45, 2.75) is 136 Å². The summed E-state index contributed by atoms with van der Waals surface area (Å²) in [4.78, 5) is 37.5. The van der Waals surface area contributed by atoms with Gasteiger partial charge in [-0.05, 0) is 89.9 Å². The second kappa shape index (κ2) is 40.8. The number of carbonyl (C=O) groups excluding carboxylic acids is 2. The third-order valence-electron chi connectivity index (χ3n) is 8.46. The number of rotatable bonds is 38.